The monoisotopic (exact) mass is 474 g/mol. The van der Waals surface area contributed by atoms with Gasteiger partial charge in [0.05, 0.1) is 17.8 Å². The van der Waals surface area contributed by atoms with E-state index in [1.165, 1.54) is 51.4 Å². The topological polar surface area (TPSA) is 70.8 Å². The molecule has 0 aliphatic carbocycles. The molecule has 6 heteroatoms. The number of hydrogen-bond acceptors (Lipinski definition) is 6. The number of carbonyl (C=O) groups excluding carboxylic acids is 1. The fraction of sp³-hybridized carbons (Fsp3) is 0.750. The van der Waals surface area contributed by atoms with Gasteiger partial charge in [-0.05, 0) is 43.7 Å². The SMILES string of the molecule is CCCCC(CC)CN1CN(CC(CC)CCCC)CC(C)(NOC(=O)c2ccccc2N)C1. The zero-order valence-corrected chi connectivity index (χ0v) is 22.4. The number of para-hydroxylation sites is 1. The van der Waals surface area contributed by atoms with Gasteiger partial charge in [-0.15, -0.1) is 5.48 Å². The van der Waals surface area contributed by atoms with Gasteiger partial charge in [-0.25, -0.2) is 4.79 Å². The van der Waals surface area contributed by atoms with Crippen LogP contribution in [0.1, 0.15) is 96.3 Å². The Bertz CT molecular complexity index is 700. The average Bonchev–Trinajstić information content (AvgIpc) is 2.82. The summed E-state index contributed by atoms with van der Waals surface area (Å²) < 4.78 is 0. The zero-order chi connectivity index (χ0) is 25.0. The van der Waals surface area contributed by atoms with Crippen molar-refractivity contribution in [3.8, 4) is 0 Å². The Kier molecular flexibility index (Phi) is 12.4. The molecule has 1 fully saturated rings. The van der Waals surface area contributed by atoms with E-state index in [0.29, 0.717) is 23.1 Å². The lowest BCUT2D eigenvalue weighted by atomic mass is 9.93. The summed E-state index contributed by atoms with van der Waals surface area (Å²) in [4.78, 5) is 23.5. The van der Waals surface area contributed by atoms with E-state index in [9.17, 15) is 4.79 Å². The largest absolute Gasteiger partial charge is 0.398 e. The Hall–Kier alpha value is -1.63. The molecule has 0 aromatic heterocycles. The van der Waals surface area contributed by atoms with Crippen molar-refractivity contribution in [3.05, 3.63) is 29.8 Å². The van der Waals surface area contributed by atoms with Crippen LogP contribution >= 0.6 is 0 Å². The number of unbranched alkanes of at least 4 members (excludes halogenated alkanes) is 2. The molecule has 0 amide bonds. The first-order chi connectivity index (χ1) is 16.3. The van der Waals surface area contributed by atoms with Crippen molar-refractivity contribution < 1.29 is 9.63 Å². The molecule has 2 rings (SSSR count). The van der Waals surface area contributed by atoms with Crippen molar-refractivity contribution in [1.82, 2.24) is 15.3 Å². The molecule has 1 aromatic rings. The third kappa shape index (κ3) is 9.20. The molecule has 0 radical (unpaired) electrons. The van der Waals surface area contributed by atoms with Gasteiger partial charge in [0.2, 0.25) is 0 Å². The number of nitrogen functional groups attached to an aromatic ring is 1. The quantitative estimate of drug-likeness (QED) is 0.251. The first-order valence-electron chi connectivity index (χ1n) is 13.6. The predicted molar refractivity (Wildman–Crippen MR) is 142 cm³/mol. The van der Waals surface area contributed by atoms with Crippen LogP contribution < -0.4 is 11.2 Å². The molecule has 1 aromatic carbocycles. The normalized spacial score (nSPS) is 21.3. The molecule has 6 nitrogen and oxygen atoms in total. The molecule has 1 aliphatic rings. The summed E-state index contributed by atoms with van der Waals surface area (Å²) in [7, 11) is 0. The summed E-state index contributed by atoms with van der Waals surface area (Å²) in [6, 6.07) is 7.06. The molecule has 3 N–H and O–H groups in total. The summed E-state index contributed by atoms with van der Waals surface area (Å²) in [6.07, 6.45) is 10.0. The zero-order valence-electron chi connectivity index (χ0n) is 22.4. The maximum atomic E-state index is 12.7. The first-order valence-corrected chi connectivity index (χ1v) is 13.6. The standard InChI is InChI=1S/C28H50N4O2/c1-6-10-14-23(8-3)18-31-20-28(5,21-32(22-31)19-24(9-4)15-11-7-2)30-34-27(33)25-16-12-13-17-26(25)29/h12-13,16-17,23-24,30H,6-11,14-15,18-22,29H2,1-5H3. The number of benzene rings is 1. The van der Waals surface area contributed by atoms with Gasteiger partial charge in [0.15, 0.2) is 0 Å². The van der Waals surface area contributed by atoms with Gasteiger partial charge in [0.1, 0.15) is 0 Å². The van der Waals surface area contributed by atoms with Crippen molar-refractivity contribution >= 4 is 11.7 Å². The molecular weight excluding hydrogens is 424 g/mol. The number of nitrogens with two attached hydrogens (primary N) is 1. The highest BCUT2D eigenvalue weighted by atomic mass is 16.7. The van der Waals surface area contributed by atoms with E-state index in [1.807, 2.05) is 6.07 Å². The van der Waals surface area contributed by atoms with Crippen LogP contribution in [0.2, 0.25) is 0 Å². The summed E-state index contributed by atoms with van der Waals surface area (Å²) in [5.41, 5.74) is 9.64. The fourth-order valence-electron chi connectivity index (χ4n) is 5.20. The predicted octanol–water partition coefficient (Wildman–Crippen LogP) is 5.70. The summed E-state index contributed by atoms with van der Waals surface area (Å²) in [5, 5.41) is 0. The number of carbonyl (C=O) groups is 1. The van der Waals surface area contributed by atoms with Crippen molar-refractivity contribution in [1.29, 1.82) is 0 Å². The second-order valence-electron chi connectivity index (χ2n) is 10.6. The molecule has 1 saturated heterocycles. The highest BCUT2D eigenvalue weighted by Gasteiger charge is 2.37. The van der Waals surface area contributed by atoms with Crippen molar-refractivity contribution in [3.63, 3.8) is 0 Å². The Morgan fingerprint density at radius 3 is 2.00 bits per heavy atom. The molecule has 0 bridgehead atoms. The number of nitrogens with one attached hydrogen (secondary N) is 1. The van der Waals surface area contributed by atoms with Crippen molar-refractivity contribution in [2.45, 2.75) is 91.5 Å². The van der Waals surface area contributed by atoms with Crippen LogP contribution in [0.15, 0.2) is 24.3 Å². The van der Waals surface area contributed by atoms with Crippen LogP contribution in [0.5, 0.6) is 0 Å². The minimum absolute atomic E-state index is 0.344. The summed E-state index contributed by atoms with van der Waals surface area (Å²) in [6.45, 7) is 16.2. The molecule has 1 aliphatic heterocycles. The average molecular weight is 475 g/mol. The smallest absolute Gasteiger partial charge is 0.358 e. The number of nitrogens with zero attached hydrogens (tertiary/aromatic N) is 2. The van der Waals surface area contributed by atoms with E-state index in [1.54, 1.807) is 18.2 Å². The number of hydroxylamine groups is 1. The Morgan fingerprint density at radius 1 is 1.00 bits per heavy atom. The third-order valence-corrected chi connectivity index (χ3v) is 7.24. The van der Waals surface area contributed by atoms with Crippen LogP contribution in [-0.4, -0.2) is 54.2 Å². The highest BCUT2D eigenvalue weighted by molar-refractivity contribution is 5.94. The summed E-state index contributed by atoms with van der Waals surface area (Å²) >= 11 is 0. The van der Waals surface area contributed by atoms with Gasteiger partial charge in [-0.2, -0.15) is 0 Å². The Labute approximate surface area is 208 Å². The van der Waals surface area contributed by atoms with Gasteiger partial charge < -0.3 is 10.6 Å². The van der Waals surface area contributed by atoms with E-state index in [-0.39, 0.29) is 5.54 Å². The molecule has 2 atom stereocenters. The maximum Gasteiger partial charge on any atom is 0.358 e. The molecule has 2 unspecified atom stereocenters. The molecule has 0 spiro atoms. The number of hydrogen-bond donors (Lipinski definition) is 2. The van der Waals surface area contributed by atoms with Crippen LogP contribution in [-0.2, 0) is 4.84 Å². The number of rotatable bonds is 15. The van der Waals surface area contributed by atoms with Crippen molar-refractivity contribution in [2.24, 2.45) is 11.8 Å². The van der Waals surface area contributed by atoms with Gasteiger partial charge in [0, 0.05) is 31.9 Å². The lowest BCUT2D eigenvalue weighted by molar-refractivity contribution is -0.0582. The Balaban J connectivity index is 2.10. The summed E-state index contributed by atoms with van der Waals surface area (Å²) in [5.74, 6) is 0.988. The lowest BCUT2D eigenvalue weighted by Crippen LogP contribution is -2.65. The van der Waals surface area contributed by atoms with Crippen molar-refractivity contribution in [2.75, 3.05) is 38.6 Å². The van der Waals surface area contributed by atoms with E-state index in [2.05, 4.69) is 49.9 Å². The minimum Gasteiger partial charge on any atom is -0.398 e. The molecule has 1 heterocycles. The van der Waals surface area contributed by atoms with Gasteiger partial charge in [-0.1, -0.05) is 78.4 Å². The molecule has 194 valence electrons. The third-order valence-electron chi connectivity index (χ3n) is 7.24. The maximum absolute atomic E-state index is 12.7. The van der Waals surface area contributed by atoms with Crippen LogP contribution in [0.4, 0.5) is 5.69 Å². The lowest BCUT2D eigenvalue weighted by Gasteiger charge is -2.47. The van der Waals surface area contributed by atoms with Crippen LogP contribution in [0.25, 0.3) is 0 Å². The second kappa shape index (κ2) is 14.7. The molecule has 0 saturated carbocycles. The van der Waals surface area contributed by atoms with E-state index in [0.717, 1.165) is 32.8 Å². The molecule has 34 heavy (non-hydrogen) atoms. The van der Waals surface area contributed by atoms with Crippen LogP contribution in [0, 0.1) is 11.8 Å². The first kappa shape index (κ1) is 28.6. The van der Waals surface area contributed by atoms with E-state index < -0.39 is 5.97 Å². The van der Waals surface area contributed by atoms with Gasteiger partial charge >= 0.3 is 5.97 Å². The van der Waals surface area contributed by atoms with Gasteiger partial charge in [-0.3, -0.25) is 9.80 Å². The van der Waals surface area contributed by atoms with E-state index >= 15 is 0 Å². The van der Waals surface area contributed by atoms with Crippen LogP contribution in [0.3, 0.4) is 0 Å². The highest BCUT2D eigenvalue weighted by Crippen LogP contribution is 2.24. The fourth-order valence-corrected chi connectivity index (χ4v) is 5.20. The second-order valence-corrected chi connectivity index (χ2v) is 10.6. The minimum atomic E-state index is -0.424. The van der Waals surface area contributed by atoms with E-state index in [4.69, 9.17) is 10.6 Å². The number of anilines is 1. The molecular formula is C28H50N4O2. The Morgan fingerprint density at radius 2 is 1.53 bits per heavy atom. The van der Waals surface area contributed by atoms with Gasteiger partial charge in [0.25, 0.3) is 0 Å².